The average Bonchev–Trinajstić information content (AvgIpc) is 3.44. The van der Waals surface area contributed by atoms with Crippen molar-refractivity contribution >= 4 is 28.8 Å². The van der Waals surface area contributed by atoms with Gasteiger partial charge in [-0.15, -0.1) is 0 Å². The third-order valence-corrected chi connectivity index (χ3v) is 6.63. The number of anilines is 1. The van der Waals surface area contributed by atoms with Gasteiger partial charge in [0.25, 0.3) is 0 Å². The van der Waals surface area contributed by atoms with E-state index in [1.54, 1.807) is 0 Å². The minimum atomic E-state index is -0.499. The molecule has 2 aromatic heterocycles. The number of imidazole rings is 1. The molecular formula is C26H24ClN3O. The summed E-state index contributed by atoms with van der Waals surface area (Å²) < 4.78 is 2.03. The molecule has 0 spiro atoms. The summed E-state index contributed by atoms with van der Waals surface area (Å²) in [5, 5.41) is 3.87. The van der Waals surface area contributed by atoms with Gasteiger partial charge in [-0.25, -0.2) is 4.98 Å². The van der Waals surface area contributed by atoms with Crippen molar-refractivity contribution in [1.29, 1.82) is 0 Å². The van der Waals surface area contributed by atoms with Crippen LogP contribution in [0.3, 0.4) is 0 Å². The van der Waals surface area contributed by atoms with E-state index in [4.69, 9.17) is 16.6 Å². The maximum absolute atomic E-state index is 13.5. The molecule has 5 heteroatoms. The van der Waals surface area contributed by atoms with Gasteiger partial charge >= 0.3 is 0 Å². The number of hydrogen-bond donors (Lipinski definition) is 1. The molecule has 0 radical (unpaired) electrons. The van der Waals surface area contributed by atoms with E-state index in [9.17, 15) is 4.79 Å². The Kier molecular flexibility index (Phi) is 5.03. The zero-order valence-electron chi connectivity index (χ0n) is 17.4. The first-order chi connectivity index (χ1) is 15.0. The van der Waals surface area contributed by atoms with Gasteiger partial charge in [0.05, 0.1) is 11.1 Å². The molecule has 0 aliphatic heterocycles. The smallest absolute Gasteiger partial charge is 0.235 e. The molecule has 1 saturated carbocycles. The lowest BCUT2D eigenvalue weighted by atomic mass is 9.78. The predicted molar refractivity (Wildman–Crippen MR) is 126 cm³/mol. The van der Waals surface area contributed by atoms with Crippen molar-refractivity contribution in [2.24, 2.45) is 0 Å². The number of benzene rings is 2. The lowest BCUT2D eigenvalue weighted by molar-refractivity contribution is -0.121. The number of nitrogens with one attached hydrogen (secondary N) is 1. The quantitative estimate of drug-likeness (QED) is 0.407. The molecule has 0 bridgehead atoms. The van der Waals surface area contributed by atoms with Crippen LogP contribution in [0.2, 0.25) is 5.02 Å². The third kappa shape index (κ3) is 3.61. The highest BCUT2D eigenvalue weighted by Crippen LogP contribution is 2.42. The van der Waals surface area contributed by atoms with Crippen molar-refractivity contribution in [3.05, 3.63) is 89.2 Å². The summed E-state index contributed by atoms with van der Waals surface area (Å²) in [6, 6.07) is 19.7. The first-order valence-corrected chi connectivity index (χ1v) is 11.1. The van der Waals surface area contributed by atoms with Crippen molar-refractivity contribution in [2.75, 3.05) is 5.32 Å². The van der Waals surface area contributed by atoms with E-state index in [2.05, 4.69) is 18.3 Å². The topological polar surface area (TPSA) is 46.4 Å². The van der Waals surface area contributed by atoms with Crippen LogP contribution in [0.1, 0.15) is 36.8 Å². The van der Waals surface area contributed by atoms with Gasteiger partial charge in [0.15, 0.2) is 0 Å². The van der Waals surface area contributed by atoms with Crippen molar-refractivity contribution in [3.63, 3.8) is 0 Å². The highest BCUT2D eigenvalue weighted by Gasteiger charge is 2.42. The first kappa shape index (κ1) is 19.8. The number of amides is 1. The standard InChI is InChI=1S/C26H24ClN3O/c1-18-6-5-15-30-17-23(29-24(18)30)19-7-4-8-22(16-19)28-25(31)26(13-2-3-14-26)20-9-11-21(27)12-10-20/h4-12,15-17H,2-3,13-14H2,1H3,(H,28,31). The van der Waals surface area contributed by atoms with Gasteiger partial charge in [0, 0.05) is 28.7 Å². The van der Waals surface area contributed by atoms with Crippen LogP contribution in [0, 0.1) is 6.92 Å². The minimum Gasteiger partial charge on any atom is -0.325 e. The van der Waals surface area contributed by atoms with E-state index in [0.29, 0.717) is 5.02 Å². The fourth-order valence-corrected chi connectivity index (χ4v) is 4.82. The molecule has 2 heterocycles. The monoisotopic (exact) mass is 429 g/mol. The van der Waals surface area contributed by atoms with Crippen LogP contribution in [0.25, 0.3) is 16.9 Å². The molecule has 4 aromatic rings. The maximum Gasteiger partial charge on any atom is 0.235 e. The Morgan fingerprint density at radius 1 is 1.06 bits per heavy atom. The van der Waals surface area contributed by atoms with Crippen LogP contribution in [0.4, 0.5) is 5.69 Å². The van der Waals surface area contributed by atoms with Gasteiger partial charge in [-0.1, -0.05) is 54.8 Å². The normalized spacial score (nSPS) is 15.3. The molecule has 1 aliphatic rings. The molecule has 2 aromatic carbocycles. The van der Waals surface area contributed by atoms with Gasteiger partial charge in [-0.3, -0.25) is 4.79 Å². The second-order valence-electron chi connectivity index (χ2n) is 8.38. The average molecular weight is 430 g/mol. The molecule has 0 atom stereocenters. The second kappa shape index (κ2) is 7.86. The second-order valence-corrected chi connectivity index (χ2v) is 8.82. The van der Waals surface area contributed by atoms with Gasteiger partial charge < -0.3 is 9.72 Å². The van der Waals surface area contributed by atoms with Crippen LogP contribution in [-0.2, 0) is 10.2 Å². The fourth-order valence-electron chi connectivity index (χ4n) is 4.69. The van der Waals surface area contributed by atoms with Crippen molar-refractivity contribution in [2.45, 2.75) is 38.0 Å². The predicted octanol–water partition coefficient (Wildman–Crippen LogP) is 6.41. The molecule has 5 rings (SSSR count). The number of halogens is 1. The third-order valence-electron chi connectivity index (χ3n) is 6.38. The SMILES string of the molecule is Cc1cccn2cc(-c3cccc(NC(=O)C4(c5ccc(Cl)cc5)CCCC4)c3)nc12. The van der Waals surface area contributed by atoms with E-state index in [-0.39, 0.29) is 5.91 Å². The van der Waals surface area contributed by atoms with E-state index in [1.165, 1.54) is 0 Å². The number of aromatic nitrogens is 2. The van der Waals surface area contributed by atoms with Gasteiger partial charge in [0.2, 0.25) is 5.91 Å². The number of hydrogen-bond acceptors (Lipinski definition) is 2. The molecule has 0 unspecified atom stereocenters. The summed E-state index contributed by atoms with van der Waals surface area (Å²) >= 11 is 6.08. The summed E-state index contributed by atoms with van der Waals surface area (Å²) in [4.78, 5) is 18.3. The summed E-state index contributed by atoms with van der Waals surface area (Å²) in [5.41, 5.74) is 5.27. The largest absolute Gasteiger partial charge is 0.325 e. The van der Waals surface area contributed by atoms with Gasteiger partial charge in [0.1, 0.15) is 5.65 Å². The Bertz CT molecular complexity index is 1250. The Hall–Kier alpha value is -3.11. The number of fused-ring (bicyclic) bond motifs is 1. The van der Waals surface area contributed by atoms with E-state index in [0.717, 1.165) is 59.4 Å². The van der Waals surface area contributed by atoms with Crippen molar-refractivity contribution in [1.82, 2.24) is 9.38 Å². The molecule has 0 saturated heterocycles. The van der Waals surface area contributed by atoms with E-state index in [1.807, 2.05) is 71.4 Å². The fraction of sp³-hybridized carbons (Fsp3) is 0.231. The molecule has 1 fully saturated rings. The molecule has 156 valence electrons. The van der Waals surface area contributed by atoms with Crippen LogP contribution < -0.4 is 5.32 Å². The number of carbonyl (C=O) groups excluding carboxylic acids is 1. The Balaban J connectivity index is 1.45. The van der Waals surface area contributed by atoms with Gasteiger partial charge in [-0.2, -0.15) is 0 Å². The van der Waals surface area contributed by atoms with Crippen molar-refractivity contribution in [3.8, 4) is 11.3 Å². The van der Waals surface area contributed by atoms with Crippen LogP contribution in [0.5, 0.6) is 0 Å². The summed E-state index contributed by atoms with van der Waals surface area (Å²) in [6.07, 6.45) is 7.83. The molecule has 1 amide bonds. The van der Waals surface area contributed by atoms with Gasteiger partial charge in [-0.05, 0) is 61.2 Å². The Morgan fingerprint density at radius 3 is 2.58 bits per heavy atom. The van der Waals surface area contributed by atoms with Crippen LogP contribution >= 0.6 is 11.6 Å². The minimum absolute atomic E-state index is 0.0512. The summed E-state index contributed by atoms with van der Waals surface area (Å²) in [5.74, 6) is 0.0512. The molecule has 1 N–H and O–H groups in total. The number of nitrogens with zero attached hydrogens (tertiary/aromatic N) is 2. The van der Waals surface area contributed by atoms with Crippen LogP contribution in [0.15, 0.2) is 73.1 Å². The lowest BCUT2D eigenvalue weighted by Crippen LogP contribution is -2.37. The molecular weight excluding hydrogens is 406 g/mol. The summed E-state index contributed by atoms with van der Waals surface area (Å²) in [6.45, 7) is 2.06. The Labute approximate surface area is 186 Å². The zero-order chi connectivity index (χ0) is 21.4. The highest BCUT2D eigenvalue weighted by atomic mass is 35.5. The molecule has 4 nitrogen and oxygen atoms in total. The maximum atomic E-state index is 13.5. The van der Waals surface area contributed by atoms with E-state index >= 15 is 0 Å². The summed E-state index contributed by atoms with van der Waals surface area (Å²) in [7, 11) is 0. The number of pyridine rings is 1. The molecule has 31 heavy (non-hydrogen) atoms. The van der Waals surface area contributed by atoms with Crippen LogP contribution in [-0.4, -0.2) is 15.3 Å². The van der Waals surface area contributed by atoms with Crippen molar-refractivity contribution < 1.29 is 4.79 Å². The lowest BCUT2D eigenvalue weighted by Gasteiger charge is -2.28. The highest BCUT2D eigenvalue weighted by molar-refractivity contribution is 6.30. The zero-order valence-corrected chi connectivity index (χ0v) is 18.2. The number of rotatable bonds is 4. The number of aryl methyl sites for hydroxylation is 1. The number of carbonyl (C=O) groups is 1. The molecule has 1 aliphatic carbocycles. The Morgan fingerprint density at radius 2 is 1.84 bits per heavy atom. The van der Waals surface area contributed by atoms with E-state index < -0.39 is 5.41 Å². The first-order valence-electron chi connectivity index (χ1n) is 10.7.